The molecule has 1 aromatic heterocycles. The van der Waals surface area contributed by atoms with Gasteiger partial charge in [0.05, 0.1) is 18.9 Å². The van der Waals surface area contributed by atoms with Crippen LogP contribution in [0.1, 0.15) is 10.5 Å². The number of hydrogen-bond donors (Lipinski definition) is 0. The van der Waals surface area contributed by atoms with Gasteiger partial charge in [0.1, 0.15) is 11.4 Å². The average Bonchev–Trinajstić information content (AvgIpc) is 2.61. The second kappa shape index (κ2) is 6.32. The highest BCUT2D eigenvalue weighted by atomic mass is 16.5. The van der Waals surface area contributed by atoms with Crippen molar-refractivity contribution in [3.8, 4) is 16.9 Å². The molecule has 1 heterocycles. The van der Waals surface area contributed by atoms with Crippen molar-refractivity contribution in [2.75, 3.05) is 7.11 Å². The monoisotopic (exact) mass is 305 g/mol. The molecule has 0 atom stereocenters. The van der Waals surface area contributed by atoms with Crippen LogP contribution in [0.25, 0.3) is 22.0 Å². The van der Waals surface area contributed by atoms with Crippen molar-refractivity contribution in [3.63, 3.8) is 0 Å². The fourth-order valence-electron chi connectivity index (χ4n) is 2.43. The Labute approximate surface area is 134 Å². The molecule has 0 aliphatic heterocycles. The molecule has 0 radical (unpaired) electrons. The van der Waals surface area contributed by atoms with Crippen LogP contribution in [0.15, 0.2) is 67.4 Å². The highest BCUT2D eigenvalue weighted by Crippen LogP contribution is 2.31. The third kappa shape index (κ3) is 2.92. The third-order valence-corrected chi connectivity index (χ3v) is 3.50. The summed E-state index contributed by atoms with van der Waals surface area (Å²) in [5.74, 6) is 0.202. The summed E-state index contributed by atoms with van der Waals surface area (Å²) < 4.78 is 10.1. The molecule has 23 heavy (non-hydrogen) atoms. The van der Waals surface area contributed by atoms with Gasteiger partial charge in [-0.25, -0.2) is 9.78 Å². The van der Waals surface area contributed by atoms with Crippen LogP contribution in [0, 0.1) is 0 Å². The van der Waals surface area contributed by atoms with E-state index in [0.717, 1.165) is 28.5 Å². The molecule has 0 N–H and O–H groups in total. The minimum absolute atomic E-state index is 0.237. The van der Waals surface area contributed by atoms with Gasteiger partial charge in [-0.15, -0.1) is 0 Å². The van der Waals surface area contributed by atoms with Crippen LogP contribution in [-0.4, -0.2) is 18.1 Å². The van der Waals surface area contributed by atoms with Crippen molar-refractivity contribution in [1.82, 2.24) is 4.98 Å². The Bertz CT molecular complexity index is 872. The van der Waals surface area contributed by atoms with Gasteiger partial charge < -0.3 is 9.47 Å². The quantitative estimate of drug-likeness (QED) is 0.535. The van der Waals surface area contributed by atoms with E-state index in [9.17, 15) is 4.79 Å². The van der Waals surface area contributed by atoms with E-state index in [2.05, 4.69) is 11.6 Å². The van der Waals surface area contributed by atoms with Crippen LogP contribution < -0.4 is 4.74 Å². The molecule has 3 aromatic rings. The third-order valence-electron chi connectivity index (χ3n) is 3.50. The van der Waals surface area contributed by atoms with Gasteiger partial charge in [-0.1, -0.05) is 36.9 Å². The number of rotatable bonds is 4. The summed E-state index contributed by atoms with van der Waals surface area (Å²) in [4.78, 5) is 16.4. The number of methoxy groups -OCH3 is 1. The zero-order valence-corrected chi connectivity index (χ0v) is 12.7. The first-order valence-electron chi connectivity index (χ1n) is 7.09. The molecular formula is C19H15NO3. The molecule has 0 unspecified atom stereocenters. The fraction of sp³-hybridized carbons (Fsp3) is 0.0526. The first-order chi connectivity index (χ1) is 11.2. The van der Waals surface area contributed by atoms with Crippen LogP contribution in [-0.2, 0) is 4.74 Å². The summed E-state index contributed by atoms with van der Waals surface area (Å²) in [7, 11) is 1.62. The first-order valence-corrected chi connectivity index (χ1v) is 7.09. The number of benzene rings is 2. The number of carbonyl (C=O) groups is 1. The van der Waals surface area contributed by atoms with E-state index < -0.39 is 5.97 Å². The predicted octanol–water partition coefficient (Wildman–Crippen LogP) is 4.21. The number of nitrogens with zero attached hydrogens (tertiary/aromatic N) is 1. The summed E-state index contributed by atoms with van der Waals surface area (Å²) in [5.41, 5.74) is 2.82. The van der Waals surface area contributed by atoms with Crippen LogP contribution >= 0.6 is 0 Å². The molecule has 114 valence electrons. The van der Waals surface area contributed by atoms with E-state index >= 15 is 0 Å². The molecule has 0 fully saturated rings. The van der Waals surface area contributed by atoms with Crippen molar-refractivity contribution < 1.29 is 14.3 Å². The normalized spacial score (nSPS) is 10.3. The SMILES string of the molecule is C=COC(=O)c1cc(-c2ccccc2)c2cc(OC)ccc2n1. The molecule has 3 rings (SSSR count). The van der Waals surface area contributed by atoms with Gasteiger partial charge in [0, 0.05) is 5.39 Å². The van der Waals surface area contributed by atoms with Gasteiger partial charge in [0.25, 0.3) is 0 Å². The minimum atomic E-state index is -0.533. The Morgan fingerprint density at radius 1 is 1.13 bits per heavy atom. The van der Waals surface area contributed by atoms with Crippen LogP contribution in [0.5, 0.6) is 5.75 Å². The molecule has 0 amide bonds. The molecule has 0 saturated carbocycles. The standard InChI is InChI=1S/C19H15NO3/c1-3-23-19(21)18-12-15(13-7-5-4-6-8-13)16-11-14(22-2)9-10-17(16)20-18/h3-12H,1H2,2H3. The number of esters is 1. The molecule has 4 nitrogen and oxygen atoms in total. The Morgan fingerprint density at radius 3 is 2.61 bits per heavy atom. The topological polar surface area (TPSA) is 48.4 Å². The molecule has 0 aliphatic carbocycles. The fourth-order valence-corrected chi connectivity index (χ4v) is 2.43. The number of pyridine rings is 1. The molecule has 4 heteroatoms. The van der Waals surface area contributed by atoms with Gasteiger partial charge in [0.15, 0.2) is 0 Å². The van der Waals surface area contributed by atoms with E-state index in [0.29, 0.717) is 5.52 Å². The van der Waals surface area contributed by atoms with Crippen molar-refractivity contribution in [3.05, 3.63) is 73.1 Å². The number of fused-ring (bicyclic) bond motifs is 1. The lowest BCUT2D eigenvalue weighted by atomic mass is 10.00. The first kappa shape index (κ1) is 14.8. The summed E-state index contributed by atoms with van der Waals surface area (Å²) in [6.45, 7) is 3.40. The van der Waals surface area contributed by atoms with E-state index in [1.165, 1.54) is 0 Å². The number of aromatic nitrogens is 1. The Kier molecular flexibility index (Phi) is 4.06. The Hall–Kier alpha value is -3.14. The van der Waals surface area contributed by atoms with Gasteiger partial charge in [-0.3, -0.25) is 0 Å². The second-order valence-electron chi connectivity index (χ2n) is 4.88. The second-order valence-corrected chi connectivity index (χ2v) is 4.88. The molecule has 0 spiro atoms. The van der Waals surface area contributed by atoms with Gasteiger partial charge in [-0.05, 0) is 35.4 Å². The average molecular weight is 305 g/mol. The number of hydrogen-bond acceptors (Lipinski definition) is 4. The maximum absolute atomic E-state index is 12.0. The summed E-state index contributed by atoms with van der Waals surface area (Å²) >= 11 is 0. The number of ether oxygens (including phenoxy) is 2. The van der Waals surface area contributed by atoms with E-state index in [1.54, 1.807) is 13.2 Å². The number of carbonyl (C=O) groups excluding carboxylic acids is 1. The molecular weight excluding hydrogens is 290 g/mol. The summed E-state index contributed by atoms with van der Waals surface area (Å²) in [5, 5.41) is 0.908. The van der Waals surface area contributed by atoms with Gasteiger partial charge >= 0.3 is 5.97 Å². The van der Waals surface area contributed by atoms with E-state index in [4.69, 9.17) is 9.47 Å². The molecule has 2 aromatic carbocycles. The van der Waals surface area contributed by atoms with Crippen LogP contribution in [0.3, 0.4) is 0 Å². The Morgan fingerprint density at radius 2 is 1.91 bits per heavy atom. The van der Waals surface area contributed by atoms with E-state index in [-0.39, 0.29) is 5.69 Å². The van der Waals surface area contributed by atoms with Crippen LogP contribution in [0.4, 0.5) is 0 Å². The van der Waals surface area contributed by atoms with Gasteiger partial charge in [-0.2, -0.15) is 0 Å². The zero-order chi connectivity index (χ0) is 16.2. The summed E-state index contributed by atoms with van der Waals surface area (Å²) in [6.07, 6.45) is 1.10. The highest BCUT2D eigenvalue weighted by Gasteiger charge is 2.14. The highest BCUT2D eigenvalue weighted by molar-refractivity contribution is 6.00. The smallest absolute Gasteiger partial charge is 0.361 e. The minimum Gasteiger partial charge on any atom is -0.497 e. The molecule has 0 saturated heterocycles. The van der Waals surface area contributed by atoms with Crippen molar-refractivity contribution in [2.45, 2.75) is 0 Å². The summed E-state index contributed by atoms with van der Waals surface area (Å²) in [6, 6.07) is 17.1. The van der Waals surface area contributed by atoms with E-state index in [1.807, 2.05) is 48.5 Å². The lowest BCUT2D eigenvalue weighted by Gasteiger charge is -2.10. The maximum Gasteiger partial charge on any atom is 0.361 e. The van der Waals surface area contributed by atoms with Crippen molar-refractivity contribution in [2.24, 2.45) is 0 Å². The van der Waals surface area contributed by atoms with Crippen molar-refractivity contribution in [1.29, 1.82) is 0 Å². The van der Waals surface area contributed by atoms with Crippen LogP contribution in [0.2, 0.25) is 0 Å². The lowest BCUT2D eigenvalue weighted by Crippen LogP contribution is -2.04. The largest absolute Gasteiger partial charge is 0.497 e. The van der Waals surface area contributed by atoms with Gasteiger partial charge in [0.2, 0.25) is 0 Å². The predicted molar refractivity (Wildman–Crippen MR) is 89.3 cm³/mol. The zero-order valence-electron chi connectivity index (χ0n) is 12.7. The van der Waals surface area contributed by atoms with Crippen molar-refractivity contribution >= 4 is 16.9 Å². The lowest BCUT2D eigenvalue weighted by molar-refractivity contribution is 0.0658. The maximum atomic E-state index is 12.0. The molecule has 0 aliphatic rings. The molecule has 0 bridgehead atoms. The Balaban J connectivity index is 2.28.